The minimum atomic E-state index is -0.506. The summed E-state index contributed by atoms with van der Waals surface area (Å²) in [6.45, 7) is 1.64. The van der Waals surface area contributed by atoms with Crippen LogP contribution in [0, 0.1) is 11.7 Å². The molecule has 0 radical (unpaired) electrons. The van der Waals surface area contributed by atoms with E-state index in [1.165, 1.54) is 12.3 Å². The number of fused-ring (bicyclic) bond motifs is 2. The van der Waals surface area contributed by atoms with Crippen molar-refractivity contribution >= 4 is 34.0 Å². The fourth-order valence-electron chi connectivity index (χ4n) is 5.38. The Balaban J connectivity index is 1.33. The molecule has 194 valence electrons. The molecular formula is C29H29FN6O2. The lowest BCUT2D eigenvalue weighted by Gasteiger charge is -2.20. The van der Waals surface area contributed by atoms with E-state index in [-0.39, 0.29) is 22.9 Å². The normalized spacial score (nSPS) is 15.7. The van der Waals surface area contributed by atoms with E-state index >= 15 is 4.39 Å². The summed E-state index contributed by atoms with van der Waals surface area (Å²) < 4.78 is 15.4. The van der Waals surface area contributed by atoms with Gasteiger partial charge in [0.05, 0.1) is 22.3 Å². The zero-order chi connectivity index (χ0) is 26.1. The van der Waals surface area contributed by atoms with Crippen LogP contribution in [0.4, 0.5) is 21.6 Å². The summed E-state index contributed by atoms with van der Waals surface area (Å²) in [7, 11) is 0. The van der Waals surface area contributed by atoms with Gasteiger partial charge >= 0.3 is 0 Å². The molecule has 8 nitrogen and oxygen atoms in total. The van der Waals surface area contributed by atoms with Crippen LogP contribution in [0.15, 0.2) is 53.5 Å². The van der Waals surface area contributed by atoms with Gasteiger partial charge in [-0.05, 0) is 54.8 Å². The van der Waals surface area contributed by atoms with E-state index in [2.05, 4.69) is 25.9 Å². The Bertz CT molecular complexity index is 1580. The second-order valence-electron chi connectivity index (χ2n) is 9.99. The van der Waals surface area contributed by atoms with Crippen LogP contribution in [0.25, 0.3) is 22.2 Å². The highest BCUT2D eigenvalue weighted by atomic mass is 19.1. The Labute approximate surface area is 219 Å². The predicted octanol–water partition coefficient (Wildman–Crippen LogP) is 5.03. The minimum absolute atomic E-state index is 0.0196. The van der Waals surface area contributed by atoms with Gasteiger partial charge in [-0.1, -0.05) is 25.3 Å². The summed E-state index contributed by atoms with van der Waals surface area (Å²) >= 11 is 0. The quantitative estimate of drug-likeness (QED) is 0.298. The van der Waals surface area contributed by atoms with Crippen molar-refractivity contribution in [3.63, 3.8) is 0 Å². The van der Waals surface area contributed by atoms with Gasteiger partial charge in [-0.15, -0.1) is 0 Å². The molecule has 1 aliphatic heterocycles. The van der Waals surface area contributed by atoms with Gasteiger partial charge in [-0.3, -0.25) is 9.59 Å². The van der Waals surface area contributed by atoms with Gasteiger partial charge in [0.25, 0.3) is 5.56 Å². The molecule has 1 saturated carbocycles. The van der Waals surface area contributed by atoms with E-state index in [9.17, 15) is 9.59 Å². The lowest BCUT2D eigenvalue weighted by molar-refractivity contribution is -0.120. The molecule has 1 aromatic carbocycles. The molecule has 4 aromatic rings. The highest BCUT2D eigenvalue weighted by molar-refractivity contribution is 5.95. The maximum absolute atomic E-state index is 15.4. The van der Waals surface area contributed by atoms with Crippen LogP contribution in [0.1, 0.15) is 43.4 Å². The van der Waals surface area contributed by atoms with Crippen LogP contribution in [-0.4, -0.2) is 27.4 Å². The number of aromatic nitrogens is 3. The second-order valence-corrected chi connectivity index (χ2v) is 9.99. The zero-order valence-corrected chi connectivity index (χ0v) is 20.9. The third-order valence-corrected chi connectivity index (χ3v) is 7.40. The van der Waals surface area contributed by atoms with Crippen molar-refractivity contribution in [2.75, 3.05) is 17.2 Å². The van der Waals surface area contributed by atoms with Crippen molar-refractivity contribution < 1.29 is 9.18 Å². The lowest BCUT2D eigenvalue weighted by atomic mass is 9.88. The molecule has 0 unspecified atom stereocenters. The Hall–Kier alpha value is -4.11. The number of aromatic amines is 1. The van der Waals surface area contributed by atoms with Gasteiger partial charge in [0.1, 0.15) is 11.6 Å². The average molecular weight is 513 g/mol. The molecule has 9 heteroatoms. The van der Waals surface area contributed by atoms with Crippen LogP contribution in [-0.2, 0) is 17.8 Å². The first-order chi connectivity index (χ1) is 18.5. The molecule has 2 aliphatic rings. The number of hydrogen-bond donors (Lipinski definition) is 4. The molecule has 3 aromatic heterocycles. The molecule has 6 rings (SSSR count). The van der Waals surface area contributed by atoms with Gasteiger partial charge in [0.2, 0.25) is 5.91 Å². The summed E-state index contributed by atoms with van der Waals surface area (Å²) in [6.07, 6.45) is 7.36. The molecule has 4 heterocycles. The maximum Gasteiger partial charge on any atom is 0.259 e. The summed E-state index contributed by atoms with van der Waals surface area (Å²) in [6, 6.07) is 11.9. The SMILES string of the molecule is O=C(Nc1ccc(-c2cc(Nc3ccc4c(n3)CCNC4)c3c(=O)[nH]ccc3n2)c(F)c1)C1CCCCC1. The molecule has 0 atom stereocenters. The van der Waals surface area contributed by atoms with Crippen molar-refractivity contribution in [1.82, 2.24) is 20.3 Å². The van der Waals surface area contributed by atoms with Gasteiger partial charge in [-0.25, -0.2) is 14.4 Å². The van der Waals surface area contributed by atoms with E-state index in [4.69, 9.17) is 4.98 Å². The van der Waals surface area contributed by atoms with Gasteiger partial charge in [0.15, 0.2) is 0 Å². The number of halogens is 1. The predicted molar refractivity (Wildman–Crippen MR) is 146 cm³/mol. The number of pyridine rings is 3. The number of rotatable bonds is 5. The van der Waals surface area contributed by atoms with Crippen LogP contribution >= 0.6 is 0 Å². The third-order valence-electron chi connectivity index (χ3n) is 7.40. The molecule has 0 saturated heterocycles. The molecular weight excluding hydrogens is 483 g/mol. The summed E-state index contributed by atoms with van der Waals surface area (Å²) in [5.74, 6) is 0.0237. The Kier molecular flexibility index (Phi) is 6.59. The summed E-state index contributed by atoms with van der Waals surface area (Å²) in [5.41, 5.74) is 3.85. The van der Waals surface area contributed by atoms with Crippen molar-refractivity contribution in [2.45, 2.75) is 45.1 Å². The molecule has 0 bridgehead atoms. The van der Waals surface area contributed by atoms with Gasteiger partial charge in [0, 0.05) is 48.6 Å². The van der Waals surface area contributed by atoms with Crippen molar-refractivity contribution in [1.29, 1.82) is 0 Å². The highest BCUT2D eigenvalue weighted by Gasteiger charge is 2.22. The number of nitrogens with one attached hydrogen (secondary N) is 4. The lowest BCUT2D eigenvalue weighted by Crippen LogP contribution is -2.24. The first-order valence-corrected chi connectivity index (χ1v) is 13.1. The standard InChI is InChI=1S/C29H29FN6O2/c30-21-14-19(33-28(37)17-4-2-1-3-5-17)7-8-20(21)24-15-25(27-23(34-24)11-13-32-29(27)38)36-26-9-6-18-16-31-12-10-22(18)35-26/h6-9,11,13-15,17,31H,1-5,10,12,16H2,(H,32,38)(H,33,37)(H,34,35,36). The van der Waals surface area contributed by atoms with Crippen molar-refractivity contribution in [3.05, 3.63) is 76.1 Å². The van der Waals surface area contributed by atoms with Crippen molar-refractivity contribution in [2.24, 2.45) is 5.92 Å². The Morgan fingerprint density at radius 2 is 1.89 bits per heavy atom. The molecule has 0 spiro atoms. The molecule has 38 heavy (non-hydrogen) atoms. The topological polar surface area (TPSA) is 112 Å². The number of nitrogens with zero attached hydrogens (tertiary/aromatic N) is 2. The van der Waals surface area contributed by atoms with E-state index in [1.807, 2.05) is 12.1 Å². The Morgan fingerprint density at radius 1 is 1.03 bits per heavy atom. The number of anilines is 3. The fraction of sp³-hybridized carbons (Fsp3) is 0.310. The highest BCUT2D eigenvalue weighted by Crippen LogP contribution is 2.32. The minimum Gasteiger partial charge on any atom is -0.339 e. The van der Waals surface area contributed by atoms with Crippen LogP contribution in [0.2, 0.25) is 0 Å². The fourth-order valence-corrected chi connectivity index (χ4v) is 5.38. The van der Waals surface area contributed by atoms with Crippen LogP contribution in [0.3, 0.4) is 0 Å². The van der Waals surface area contributed by atoms with E-state index < -0.39 is 5.82 Å². The van der Waals surface area contributed by atoms with Gasteiger partial charge in [-0.2, -0.15) is 0 Å². The zero-order valence-electron chi connectivity index (χ0n) is 20.9. The third kappa shape index (κ3) is 4.89. The largest absolute Gasteiger partial charge is 0.339 e. The van der Waals surface area contributed by atoms with E-state index in [0.717, 1.165) is 62.9 Å². The Morgan fingerprint density at radius 3 is 2.74 bits per heavy atom. The first kappa shape index (κ1) is 24.2. The number of benzene rings is 1. The van der Waals surface area contributed by atoms with E-state index in [0.29, 0.717) is 33.8 Å². The van der Waals surface area contributed by atoms with Gasteiger partial charge < -0.3 is 20.9 Å². The summed E-state index contributed by atoms with van der Waals surface area (Å²) in [5, 5.41) is 9.84. The molecule has 1 aliphatic carbocycles. The summed E-state index contributed by atoms with van der Waals surface area (Å²) in [4.78, 5) is 37.4. The number of amides is 1. The van der Waals surface area contributed by atoms with Crippen LogP contribution < -0.4 is 21.5 Å². The van der Waals surface area contributed by atoms with E-state index in [1.54, 1.807) is 24.3 Å². The average Bonchev–Trinajstić information content (AvgIpc) is 2.93. The van der Waals surface area contributed by atoms with Crippen molar-refractivity contribution in [3.8, 4) is 11.3 Å². The number of hydrogen-bond acceptors (Lipinski definition) is 6. The number of H-pyrrole nitrogens is 1. The second kappa shape index (κ2) is 10.3. The monoisotopic (exact) mass is 512 g/mol. The molecule has 1 fully saturated rings. The number of carbonyl (C=O) groups is 1. The smallest absolute Gasteiger partial charge is 0.259 e. The maximum atomic E-state index is 15.4. The number of carbonyl (C=O) groups excluding carboxylic acids is 1. The van der Waals surface area contributed by atoms with Crippen LogP contribution in [0.5, 0.6) is 0 Å². The molecule has 1 amide bonds. The molecule has 4 N–H and O–H groups in total. The first-order valence-electron chi connectivity index (χ1n) is 13.1.